The smallest absolute Gasteiger partial charge is 0.255 e. The van der Waals surface area contributed by atoms with Gasteiger partial charge in [-0.05, 0) is 49.2 Å². The third kappa shape index (κ3) is 3.37. The van der Waals surface area contributed by atoms with Crippen LogP contribution in [-0.2, 0) is 0 Å². The summed E-state index contributed by atoms with van der Waals surface area (Å²) in [5.41, 5.74) is 2.47. The van der Waals surface area contributed by atoms with Crippen molar-refractivity contribution in [1.29, 1.82) is 0 Å². The summed E-state index contributed by atoms with van der Waals surface area (Å²) in [5, 5.41) is 9.79. The topological polar surface area (TPSA) is 40.5 Å². The maximum Gasteiger partial charge on any atom is 0.255 e. The van der Waals surface area contributed by atoms with Gasteiger partial charge in [0.15, 0.2) is 0 Å². The molecule has 0 heterocycles. The molecule has 1 amide bonds. The van der Waals surface area contributed by atoms with Crippen LogP contribution in [0.25, 0.3) is 0 Å². The molecule has 0 aliphatic carbocycles. The van der Waals surface area contributed by atoms with Gasteiger partial charge >= 0.3 is 0 Å². The van der Waals surface area contributed by atoms with Gasteiger partial charge in [0, 0.05) is 7.05 Å². The van der Waals surface area contributed by atoms with Gasteiger partial charge in [-0.15, -0.1) is 0 Å². The standard InChI is InChI=1S/C17H18ClNO2/c1-11-4-9-15(16(18)10-11)17(21)19(3)12(2)13-5-7-14(20)8-6-13/h4-10,12,20H,1-3H3. The molecular formula is C17H18ClNO2. The number of benzene rings is 2. The Bertz CT molecular complexity index is 652. The Balaban J connectivity index is 2.24. The number of nitrogens with zero attached hydrogens (tertiary/aromatic N) is 1. The Labute approximate surface area is 129 Å². The number of hydrogen-bond acceptors (Lipinski definition) is 2. The van der Waals surface area contributed by atoms with Gasteiger partial charge in [0.1, 0.15) is 5.75 Å². The predicted molar refractivity (Wildman–Crippen MR) is 84.8 cm³/mol. The van der Waals surface area contributed by atoms with Crippen molar-refractivity contribution in [3.05, 3.63) is 64.2 Å². The van der Waals surface area contributed by atoms with E-state index >= 15 is 0 Å². The minimum Gasteiger partial charge on any atom is -0.508 e. The zero-order valence-electron chi connectivity index (χ0n) is 12.3. The van der Waals surface area contributed by atoms with Crippen molar-refractivity contribution in [2.45, 2.75) is 19.9 Å². The van der Waals surface area contributed by atoms with Crippen molar-refractivity contribution >= 4 is 17.5 Å². The van der Waals surface area contributed by atoms with Crippen LogP contribution in [0.3, 0.4) is 0 Å². The maximum atomic E-state index is 12.6. The van der Waals surface area contributed by atoms with E-state index in [9.17, 15) is 9.90 Å². The minimum atomic E-state index is -0.124. The predicted octanol–water partition coefficient (Wildman–Crippen LogP) is 4.19. The van der Waals surface area contributed by atoms with E-state index in [1.54, 1.807) is 48.3 Å². The number of phenolic OH excluding ortho intramolecular Hbond substituents is 1. The molecule has 2 aromatic rings. The fraction of sp³-hybridized carbons (Fsp3) is 0.235. The van der Waals surface area contributed by atoms with Gasteiger partial charge in [-0.3, -0.25) is 4.79 Å². The molecule has 0 bridgehead atoms. The number of phenols is 1. The van der Waals surface area contributed by atoms with Gasteiger partial charge in [-0.25, -0.2) is 0 Å². The molecule has 110 valence electrons. The van der Waals surface area contributed by atoms with Crippen LogP contribution >= 0.6 is 11.6 Å². The zero-order valence-corrected chi connectivity index (χ0v) is 13.1. The molecule has 0 spiro atoms. The molecule has 0 aromatic heterocycles. The summed E-state index contributed by atoms with van der Waals surface area (Å²) in [4.78, 5) is 14.2. The van der Waals surface area contributed by atoms with E-state index in [-0.39, 0.29) is 17.7 Å². The fourth-order valence-electron chi connectivity index (χ4n) is 2.14. The lowest BCUT2D eigenvalue weighted by Gasteiger charge is -2.26. The molecule has 2 rings (SSSR count). The van der Waals surface area contributed by atoms with E-state index in [2.05, 4.69) is 0 Å². The van der Waals surface area contributed by atoms with E-state index in [1.807, 2.05) is 19.9 Å². The first-order chi connectivity index (χ1) is 9.90. The first-order valence-corrected chi connectivity index (χ1v) is 7.10. The van der Waals surface area contributed by atoms with Crippen molar-refractivity contribution in [2.75, 3.05) is 7.05 Å². The molecule has 0 fully saturated rings. The summed E-state index contributed by atoms with van der Waals surface area (Å²) in [6, 6.07) is 12.1. The van der Waals surface area contributed by atoms with Crippen LogP contribution in [0.5, 0.6) is 5.75 Å². The van der Waals surface area contributed by atoms with Gasteiger partial charge in [0.2, 0.25) is 0 Å². The van der Waals surface area contributed by atoms with Gasteiger partial charge in [-0.2, -0.15) is 0 Å². The Morgan fingerprint density at radius 1 is 1.19 bits per heavy atom. The number of halogens is 1. The molecule has 0 aliphatic heterocycles. The van der Waals surface area contributed by atoms with Crippen LogP contribution in [0.1, 0.15) is 34.5 Å². The summed E-state index contributed by atoms with van der Waals surface area (Å²) in [5.74, 6) is 0.0853. The van der Waals surface area contributed by atoms with E-state index in [1.165, 1.54) is 0 Å². The number of carbonyl (C=O) groups excluding carboxylic acids is 1. The number of hydrogen-bond donors (Lipinski definition) is 1. The number of amides is 1. The maximum absolute atomic E-state index is 12.6. The highest BCUT2D eigenvalue weighted by atomic mass is 35.5. The molecule has 1 unspecified atom stereocenters. The van der Waals surface area contributed by atoms with E-state index in [4.69, 9.17) is 11.6 Å². The zero-order chi connectivity index (χ0) is 15.6. The summed E-state index contributed by atoms with van der Waals surface area (Å²) < 4.78 is 0. The van der Waals surface area contributed by atoms with E-state index in [0.717, 1.165) is 11.1 Å². The normalized spacial score (nSPS) is 12.0. The molecule has 1 N–H and O–H groups in total. The second kappa shape index (κ2) is 6.19. The van der Waals surface area contributed by atoms with Crippen LogP contribution in [-0.4, -0.2) is 23.0 Å². The second-order valence-electron chi connectivity index (χ2n) is 5.17. The highest BCUT2D eigenvalue weighted by Crippen LogP contribution is 2.25. The Morgan fingerprint density at radius 3 is 2.38 bits per heavy atom. The highest BCUT2D eigenvalue weighted by Gasteiger charge is 2.20. The van der Waals surface area contributed by atoms with Crippen LogP contribution in [0.4, 0.5) is 0 Å². The van der Waals surface area contributed by atoms with Crippen LogP contribution in [0.15, 0.2) is 42.5 Å². The second-order valence-corrected chi connectivity index (χ2v) is 5.57. The fourth-order valence-corrected chi connectivity index (χ4v) is 2.45. The monoisotopic (exact) mass is 303 g/mol. The van der Waals surface area contributed by atoms with Crippen molar-refractivity contribution in [3.63, 3.8) is 0 Å². The first-order valence-electron chi connectivity index (χ1n) is 6.72. The third-order valence-electron chi connectivity index (χ3n) is 3.63. The molecule has 0 radical (unpaired) electrons. The van der Waals surface area contributed by atoms with Crippen LogP contribution in [0, 0.1) is 6.92 Å². The van der Waals surface area contributed by atoms with Crippen LogP contribution in [0.2, 0.25) is 5.02 Å². The van der Waals surface area contributed by atoms with E-state index in [0.29, 0.717) is 10.6 Å². The van der Waals surface area contributed by atoms with Crippen molar-refractivity contribution < 1.29 is 9.90 Å². The Hall–Kier alpha value is -2.00. The van der Waals surface area contributed by atoms with Crippen molar-refractivity contribution in [2.24, 2.45) is 0 Å². The molecule has 0 aliphatic rings. The molecule has 3 nitrogen and oxygen atoms in total. The summed E-state index contributed by atoms with van der Waals surface area (Å²) >= 11 is 6.16. The molecular weight excluding hydrogens is 286 g/mol. The number of carbonyl (C=O) groups is 1. The van der Waals surface area contributed by atoms with Gasteiger partial charge < -0.3 is 10.0 Å². The highest BCUT2D eigenvalue weighted by molar-refractivity contribution is 6.33. The Kier molecular flexibility index (Phi) is 4.53. The molecule has 21 heavy (non-hydrogen) atoms. The SMILES string of the molecule is Cc1ccc(C(=O)N(C)C(C)c2ccc(O)cc2)c(Cl)c1. The van der Waals surface area contributed by atoms with Gasteiger partial charge in [-0.1, -0.05) is 29.8 Å². The average Bonchev–Trinajstić information content (AvgIpc) is 2.46. The van der Waals surface area contributed by atoms with Gasteiger partial charge in [0.25, 0.3) is 5.91 Å². The van der Waals surface area contributed by atoms with Gasteiger partial charge in [0.05, 0.1) is 16.6 Å². The summed E-state index contributed by atoms with van der Waals surface area (Å²) in [7, 11) is 1.75. The van der Waals surface area contributed by atoms with Crippen LogP contribution < -0.4 is 0 Å². The number of aromatic hydroxyl groups is 1. The molecule has 4 heteroatoms. The Morgan fingerprint density at radius 2 is 1.81 bits per heavy atom. The van der Waals surface area contributed by atoms with E-state index < -0.39 is 0 Å². The number of aryl methyl sites for hydroxylation is 1. The summed E-state index contributed by atoms with van der Waals surface area (Å²) in [6.07, 6.45) is 0. The minimum absolute atomic E-state index is 0.115. The third-order valence-corrected chi connectivity index (χ3v) is 3.94. The molecule has 2 aromatic carbocycles. The largest absolute Gasteiger partial charge is 0.508 e. The lowest BCUT2D eigenvalue weighted by molar-refractivity contribution is 0.0743. The quantitative estimate of drug-likeness (QED) is 0.923. The van der Waals surface area contributed by atoms with Crippen molar-refractivity contribution in [1.82, 2.24) is 4.90 Å². The average molecular weight is 304 g/mol. The molecule has 1 atom stereocenters. The first kappa shape index (κ1) is 15.4. The molecule has 0 saturated heterocycles. The lowest BCUT2D eigenvalue weighted by atomic mass is 10.1. The van der Waals surface area contributed by atoms with Crippen molar-refractivity contribution in [3.8, 4) is 5.75 Å². The summed E-state index contributed by atoms with van der Waals surface area (Å²) in [6.45, 7) is 3.87. The number of rotatable bonds is 3. The lowest BCUT2D eigenvalue weighted by Crippen LogP contribution is -2.29. The molecule has 0 saturated carbocycles.